The molecule has 0 fully saturated rings. The molecule has 76 heavy (non-hydrogen) atoms. The highest BCUT2D eigenvalue weighted by Gasteiger charge is 2.19. The van der Waals surface area contributed by atoms with Gasteiger partial charge in [-0.25, -0.2) is 0 Å². The number of unbranched alkanes of at least 4 members (excludes halogenated alkanes) is 31. The number of hydrogen-bond donors (Lipinski definition) is 0. The minimum atomic E-state index is -0.789. The molecular formula is C70H120O6. The minimum absolute atomic E-state index is 0.0856. The van der Waals surface area contributed by atoms with Crippen molar-refractivity contribution in [2.24, 2.45) is 0 Å². The monoisotopic (exact) mass is 1060 g/mol. The molecule has 0 bridgehead atoms. The van der Waals surface area contributed by atoms with Crippen LogP contribution in [0, 0.1) is 0 Å². The van der Waals surface area contributed by atoms with E-state index in [0.717, 1.165) is 128 Å². The van der Waals surface area contributed by atoms with Crippen LogP contribution < -0.4 is 0 Å². The molecule has 0 heterocycles. The fourth-order valence-corrected chi connectivity index (χ4v) is 9.01. The summed E-state index contributed by atoms with van der Waals surface area (Å²) in [6, 6.07) is 0. The maximum Gasteiger partial charge on any atom is 0.306 e. The second-order valence-electron chi connectivity index (χ2n) is 21.3. The Morgan fingerprint density at radius 3 is 0.816 bits per heavy atom. The maximum absolute atomic E-state index is 12.9. The minimum Gasteiger partial charge on any atom is -0.462 e. The first-order valence-electron chi connectivity index (χ1n) is 32.2. The summed E-state index contributed by atoms with van der Waals surface area (Å²) in [5.74, 6) is -0.901. The molecule has 0 N–H and O–H groups in total. The van der Waals surface area contributed by atoms with E-state index in [9.17, 15) is 14.4 Å². The molecule has 0 aliphatic carbocycles. The molecule has 0 saturated heterocycles. The van der Waals surface area contributed by atoms with Crippen molar-refractivity contribution in [2.45, 2.75) is 316 Å². The largest absolute Gasteiger partial charge is 0.462 e. The third kappa shape index (κ3) is 61.2. The lowest BCUT2D eigenvalue weighted by Gasteiger charge is -2.18. The van der Waals surface area contributed by atoms with Crippen LogP contribution in [0.4, 0.5) is 0 Å². The zero-order chi connectivity index (χ0) is 55.0. The summed E-state index contributed by atoms with van der Waals surface area (Å²) in [5.41, 5.74) is 0. The summed E-state index contributed by atoms with van der Waals surface area (Å²) in [4.78, 5) is 38.3. The third-order valence-electron chi connectivity index (χ3n) is 13.8. The van der Waals surface area contributed by atoms with E-state index < -0.39 is 6.10 Å². The van der Waals surface area contributed by atoms with Gasteiger partial charge < -0.3 is 14.2 Å². The number of rotatable bonds is 58. The van der Waals surface area contributed by atoms with Crippen LogP contribution in [0.5, 0.6) is 0 Å². The molecule has 0 saturated carbocycles. The van der Waals surface area contributed by atoms with E-state index in [2.05, 4.69) is 118 Å². The van der Waals surface area contributed by atoms with E-state index in [1.54, 1.807) is 0 Å². The normalized spacial score (nSPS) is 12.7. The summed E-state index contributed by atoms with van der Waals surface area (Å²) in [7, 11) is 0. The van der Waals surface area contributed by atoms with Crippen LogP contribution in [0.15, 0.2) is 97.2 Å². The van der Waals surface area contributed by atoms with Crippen molar-refractivity contribution in [3.63, 3.8) is 0 Å². The summed E-state index contributed by atoms with van der Waals surface area (Å²) >= 11 is 0. The molecule has 0 amide bonds. The van der Waals surface area contributed by atoms with Crippen LogP contribution in [-0.4, -0.2) is 37.2 Å². The van der Waals surface area contributed by atoms with Gasteiger partial charge in [0.05, 0.1) is 0 Å². The van der Waals surface area contributed by atoms with Crippen LogP contribution in [0.2, 0.25) is 0 Å². The van der Waals surface area contributed by atoms with Crippen molar-refractivity contribution in [3.8, 4) is 0 Å². The molecule has 0 aliphatic rings. The van der Waals surface area contributed by atoms with Gasteiger partial charge in [0.15, 0.2) is 6.10 Å². The quantitative estimate of drug-likeness (QED) is 0.0261. The Kier molecular flexibility index (Phi) is 60.8. The van der Waals surface area contributed by atoms with E-state index in [4.69, 9.17) is 14.2 Å². The topological polar surface area (TPSA) is 78.9 Å². The van der Waals surface area contributed by atoms with Crippen LogP contribution >= 0.6 is 0 Å². The van der Waals surface area contributed by atoms with Gasteiger partial charge in [0.25, 0.3) is 0 Å². The Hall–Kier alpha value is -3.67. The van der Waals surface area contributed by atoms with E-state index in [-0.39, 0.29) is 31.1 Å². The second kappa shape index (κ2) is 63.9. The number of carbonyl (C=O) groups is 3. The van der Waals surface area contributed by atoms with Crippen LogP contribution in [0.3, 0.4) is 0 Å². The standard InChI is InChI=1S/C70H120O6/c1-4-7-10-13-16-19-22-25-28-30-31-32-33-34-35-36-37-38-39-40-43-45-48-51-54-57-60-63-69(72)75-66-67(65-74-68(71)62-59-56-53-50-47-44-41-27-24-21-18-15-12-9-6-3)76-70(73)64-61-58-55-52-49-46-42-29-26-23-20-17-14-11-8-5-2/h7,10,16,19,25,27-28,31-32,34-35,37-38,40-41,43,67H,4-6,8-9,11-15,17-18,20-24,26,29-30,33,36,39,42,44-66H2,1-3H3/b10-7-,19-16-,28-25-,32-31-,35-34-,38-37-,41-27-,43-40-. The summed E-state index contributed by atoms with van der Waals surface area (Å²) in [6.07, 6.45) is 85.5. The molecule has 0 radical (unpaired) electrons. The number of esters is 3. The smallest absolute Gasteiger partial charge is 0.306 e. The van der Waals surface area contributed by atoms with Gasteiger partial charge in [-0.1, -0.05) is 285 Å². The number of carbonyl (C=O) groups excluding carboxylic acids is 3. The van der Waals surface area contributed by atoms with Crippen LogP contribution in [0.1, 0.15) is 310 Å². The second-order valence-corrected chi connectivity index (χ2v) is 21.3. The van der Waals surface area contributed by atoms with Crippen LogP contribution in [0.25, 0.3) is 0 Å². The molecule has 1 atom stereocenters. The Labute approximate surface area is 470 Å². The van der Waals surface area contributed by atoms with Gasteiger partial charge in [0, 0.05) is 19.3 Å². The van der Waals surface area contributed by atoms with E-state index >= 15 is 0 Å². The van der Waals surface area contributed by atoms with Gasteiger partial charge in [-0.05, 0) is 103 Å². The predicted molar refractivity (Wildman–Crippen MR) is 330 cm³/mol. The predicted octanol–water partition coefficient (Wildman–Crippen LogP) is 22.0. The highest BCUT2D eigenvalue weighted by molar-refractivity contribution is 5.71. The summed E-state index contributed by atoms with van der Waals surface area (Å²) in [5, 5.41) is 0. The van der Waals surface area contributed by atoms with E-state index in [1.165, 1.54) is 141 Å². The molecule has 6 heteroatoms. The molecule has 0 aliphatic heterocycles. The van der Waals surface area contributed by atoms with Crippen molar-refractivity contribution < 1.29 is 28.6 Å². The lowest BCUT2D eigenvalue weighted by atomic mass is 10.0. The Morgan fingerprint density at radius 1 is 0.276 bits per heavy atom. The van der Waals surface area contributed by atoms with Crippen molar-refractivity contribution in [2.75, 3.05) is 13.2 Å². The summed E-state index contributed by atoms with van der Waals surface area (Å²) in [6.45, 7) is 6.53. The average Bonchev–Trinajstić information content (AvgIpc) is 3.42. The number of allylic oxidation sites excluding steroid dienone is 16. The zero-order valence-electron chi connectivity index (χ0n) is 50.0. The Balaban J connectivity index is 4.38. The lowest BCUT2D eigenvalue weighted by Crippen LogP contribution is -2.30. The number of hydrogen-bond acceptors (Lipinski definition) is 6. The molecule has 0 aromatic carbocycles. The lowest BCUT2D eigenvalue weighted by molar-refractivity contribution is -0.167. The van der Waals surface area contributed by atoms with Crippen molar-refractivity contribution >= 4 is 17.9 Å². The van der Waals surface area contributed by atoms with Gasteiger partial charge in [-0.15, -0.1) is 0 Å². The van der Waals surface area contributed by atoms with E-state index in [0.29, 0.717) is 19.3 Å². The molecule has 0 aromatic heterocycles. The highest BCUT2D eigenvalue weighted by Crippen LogP contribution is 2.16. The SMILES string of the molecule is CC/C=C\C/C=C\C/C=C\C/C=C\C/C=C\C/C=C\C/C=C\CCCCCCCC(=O)OCC(COC(=O)CCCCCCC/C=C\CCCCCCCC)OC(=O)CCCCCCCCCCCCCCCCCC. The first-order chi connectivity index (χ1) is 37.5. The molecule has 0 rings (SSSR count). The first-order valence-corrected chi connectivity index (χ1v) is 32.2. The van der Waals surface area contributed by atoms with Crippen molar-refractivity contribution in [1.29, 1.82) is 0 Å². The number of ether oxygens (including phenoxy) is 3. The average molecular weight is 1060 g/mol. The van der Waals surface area contributed by atoms with Crippen molar-refractivity contribution in [1.82, 2.24) is 0 Å². The Morgan fingerprint density at radius 2 is 0.513 bits per heavy atom. The highest BCUT2D eigenvalue weighted by atomic mass is 16.6. The fourth-order valence-electron chi connectivity index (χ4n) is 9.01. The molecule has 1 unspecified atom stereocenters. The molecule has 0 aromatic rings. The van der Waals surface area contributed by atoms with Gasteiger partial charge in [-0.3, -0.25) is 14.4 Å². The van der Waals surface area contributed by atoms with Crippen molar-refractivity contribution in [3.05, 3.63) is 97.2 Å². The Bertz CT molecular complexity index is 1490. The van der Waals surface area contributed by atoms with E-state index in [1.807, 2.05) is 0 Å². The third-order valence-corrected chi connectivity index (χ3v) is 13.8. The molecule has 0 spiro atoms. The molecule has 6 nitrogen and oxygen atoms in total. The molecule has 436 valence electrons. The van der Waals surface area contributed by atoms with Gasteiger partial charge in [0.1, 0.15) is 13.2 Å². The maximum atomic E-state index is 12.9. The van der Waals surface area contributed by atoms with Gasteiger partial charge >= 0.3 is 17.9 Å². The fraction of sp³-hybridized carbons (Fsp3) is 0.729. The van der Waals surface area contributed by atoms with Gasteiger partial charge in [-0.2, -0.15) is 0 Å². The first kappa shape index (κ1) is 72.3. The van der Waals surface area contributed by atoms with Gasteiger partial charge in [0.2, 0.25) is 0 Å². The molecular weight excluding hydrogens is 937 g/mol. The summed E-state index contributed by atoms with van der Waals surface area (Å²) < 4.78 is 16.9. The zero-order valence-corrected chi connectivity index (χ0v) is 50.0. The van der Waals surface area contributed by atoms with Crippen LogP contribution in [-0.2, 0) is 28.6 Å².